The molecule has 0 aliphatic rings. The molecule has 0 aliphatic heterocycles. The molecule has 2 heterocycles. The van der Waals surface area contributed by atoms with E-state index in [-0.39, 0.29) is 34.4 Å². The van der Waals surface area contributed by atoms with Crippen molar-refractivity contribution in [3.63, 3.8) is 0 Å². The first-order valence-electron chi connectivity index (χ1n) is 10.7. The lowest BCUT2D eigenvalue weighted by Crippen LogP contribution is -2.30. The summed E-state index contributed by atoms with van der Waals surface area (Å²) >= 11 is 6.33. The van der Waals surface area contributed by atoms with Gasteiger partial charge in [0, 0.05) is 16.7 Å². The number of rotatable bonds is 6. The van der Waals surface area contributed by atoms with Crippen LogP contribution in [-0.2, 0) is 0 Å². The van der Waals surface area contributed by atoms with Crippen LogP contribution in [0.4, 0.5) is 4.39 Å². The third-order valence-electron chi connectivity index (χ3n) is 5.42. The lowest BCUT2D eigenvalue weighted by molar-refractivity contribution is 0.0936. The van der Waals surface area contributed by atoms with Gasteiger partial charge in [0.2, 0.25) is 11.8 Å². The maximum absolute atomic E-state index is 14.8. The maximum Gasteiger partial charge on any atom is 0.258 e. The van der Waals surface area contributed by atoms with Crippen molar-refractivity contribution in [3.8, 4) is 22.7 Å². The van der Waals surface area contributed by atoms with Crippen molar-refractivity contribution in [2.75, 3.05) is 0 Å². The number of aromatic nitrogens is 3. The first kappa shape index (κ1) is 22.5. The molecule has 1 atom stereocenters. The Kier molecular flexibility index (Phi) is 6.12. The predicted molar refractivity (Wildman–Crippen MR) is 127 cm³/mol. The van der Waals surface area contributed by atoms with Crippen LogP contribution >= 0.6 is 11.6 Å². The van der Waals surface area contributed by atoms with Gasteiger partial charge >= 0.3 is 0 Å². The second-order valence-electron chi connectivity index (χ2n) is 7.68. The predicted octanol–water partition coefficient (Wildman–Crippen LogP) is 6.01. The highest BCUT2D eigenvalue weighted by atomic mass is 35.5. The average Bonchev–Trinajstić information content (AvgIpc) is 3.51. The Bertz CT molecular complexity index is 1500. The van der Waals surface area contributed by atoms with E-state index in [4.69, 9.17) is 20.5 Å². The van der Waals surface area contributed by atoms with Gasteiger partial charge in [-0.2, -0.15) is 0 Å². The second-order valence-corrected chi connectivity index (χ2v) is 8.09. The summed E-state index contributed by atoms with van der Waals surface area (Å²) in [6.07, 6.45) is 0. The molecule has 0 aliphatic carbocycles. The molecule has 9 heteroatoms. The molecule has 1 unspecified atom stereocenters. The van der Waals surface area contributed by atoms with E-state index in [1.807, 2.05) is 30.3 Å². The molecule has 1 N–H and O–H groups in total. The SMILES string of the molecule is Cc1onc(-c2ccccc2Cl)c1C(=O)NC(c1nnc(-c2ccccc2)o1)c1ccccc1F. The second kappa shape index (κ2) is 9.52. The zero-order chi connectivity index (χ0) is 24.4. The fourth-order valence-electron chi connectivity index (χ4n) is 3.71. The zero-order valence-corrected chi connectivity index (χ0v) is 19.2. The molecule has 1 amide bonds. The van der Waals surface area contributed by atoms with Crippen molar-refractivity contribution in [3.05, 3.63) is 112 Å². The van der Waals surface area contributed by atoms with E-state index < -0.39 is 17.8 Å². The maximum atomic E-state index is 14.8. The Labute approximate surface area is 204 Å². The monoisotopic (exact) mass is 488 g/mol. The molecule has 174 valence electrons. The normalized spacial score (nSPS) is 11.9. The van der Waals surface area contributed by atoms with E-state index >= 15 is 0 Å². The fraction of sp³-hybridized carbons (Fsp3) is 0.0769. The van der Waals surface area contributed by atoms with Crippen molar-refractivity contribution in [2.45, 2.75) is 13.0 Å². The molecule has 0 fully saturated rings. The summed E-state index contributed by atoms with van der Waals surface area (Å²) in [5.41, 5.74) is 1.83. The molecule has 35 heavy (non-hydrogen) atoms. The number of nitrogens with zero attached hydrogens (tertiary/aromatic N) is 3. The van der Waals surface area contributed by atoms with Crippen molar-refractivity contribution < 1.29 is 18.1 Å². The Morgan fingerprint density at radius 3 is 2.46 bits per heavy atom. The van der Waals surface area contributed by atoms with Gasteiger partial charge in [0.1, 0.15) is 28.9 Å². The van der Waals surface area contributed by atoms with E-state index in [0.717, 1.165) is 0 Å². The number of aryl methyl sites for hydroxylation is 1. The highest BCUT2D eigenvalue weighted by molar-refractivity contribution is 6.33. The van der Waals surface area contributed by atoms with E-state index in [0.29, 0.717) is 16.1 Å². The standard InChI is InChI=1S/C26H18ClFN4O3/c1-15-21(22(32-35-15)17-11-5-7-13-19(17)27)24(33)29-23(18-12-6-8-14-20(18)28)26-31-30-25(34-26)16-9-3-2-4-10-16/h2-14,23H,1H3,(H,29,33). The van der Waals surface area contributed by atoms with Gasteiger partial charge in [-0.3, -0.25) is 4.79 Å². The quantitative estimate of drug-likeness (QED) is 0.314. The van der Waals surface area contributed by atoms with E-state index in [9.17, 15) is 9.18 Å². The number of nitrogens with one attached hydrogen (secondary N) is 1. The van der Waals surface area contributed by atoms with Crippen LogP contribution in [0.15, 0.2) is 87.8 Å². The molecule has 2 aromatic heterocycles. The lowest BCUT2D eigenvalue weighted by Gasteiger charge is -2.16. The van der Waals surface area contributed by atoms with Gasteiger partial charge in [0.05, 0.1) is 5.02 Å². The van der Waals surface area contributed by atoms with Crippen LogP contribution in [0.3, 0.4) is 0 Å². The smallest absolute Gasteiger partial charge is 0.258 e. The van der Waals surface area contributed by atoms with Gasteiger partial charge in [-0.05, 0) is 31.2 Å². The molecule has 0 saturated carbocycles. The number of carbonyl (C=O) groups is 1. The lowest BCUT2D eigenvalue weighted by atomic mass is 10.0. The number of benzene rings is 3. The Morgan fingerprint density at radius 2 is 1.69 bits per heavy atom. The number of hydrogen-bond donors (Lipinski definition) is 1. The fourth-order valence-corrected chi connectivity index (χ4v) is 3.94. The third-order valence-corrected chi connectivity index (χ3v) is 5.75. The van der Waals surface area contributed by atoms with Crippen LogP contribution in [0.1, 0.15) is 33.6 Å². The first-order valence-corrected chi connectivity index (χ1v) is 11.1. The van der Waals surface area contributed by atoms with Crippen LogP contribution < -0.4 is 5.32 Å². The highest BCUT2D eigenvalue weighted by Gasteiger charge is 2.30. The summed E-state index contributed by atoms with van der Waals surface area (Å²) in [7, 11) is 0. The summed E-state index contributed by atoms with van der Waals surface area (Å²) in [5.74, 6) is -0.554. The average molecular weight is 489 g/mol. The molecule has 0 bridgehead atoms. The van der Waals surface area contributed by atoms with E-state index in [1.54, 1.807) is 49.4 Å². The van der Waals surface area contributed by atoms with Crippen LogP contribution in [0.25, 0.3) is 22.7 Å². The Balaban J connectivity index is 1.55. The number of amides is 1. The van der Waals surface area contributed by atoms with Crippen molar-refractivity contribution in [1.29, 1.82) is 0 Å². The van der Waals surface area contributed by atoms with Gasteiger partial charge in [0.25, 0.3) is 5.91 Å². The van der Waals surface area contributed by atoms with Crippen LogP contribution in [-0.4, -0.2) is 21.3 Å². The van der Waals surface area contributed by atoms with Crippen LogP contribution in [0, 0.1) is 12.7 Å². The van der Waals surface area contributed by atoms with Gasteiger partial charge in [-0.1, -0.05) is 71.4 Å². The minimum absolute atomic E-state index is 0.0238. The molecular weight excluding hydrogens is 471 g/mol. The summed E-state index contributed by atoms with van der Waals surface area (Å²) in [5, 5.41) is 15.4. The van der Waals surface area contributed by atoms with Gasteiger partial charge < -0.3 is 14.3 Å². The summed E-state index contributed by atoms with van der Waals surface area (Å²) in [4.78, 5) is 13.5. The third kappa shape index (κ3) is 4.43. The van der Waals surface area contributed by atoms with Gasteiger partial charge in [-0.15, -0.1) is 10.2 Å². The number of hydrogen-bond acceptors (Lipinski definition) is 6. The number of halogens is 2. The molecule has 7 nitrogen and oxygen atoms in total. The number of carbonyl (C=O) groups excluding carboxylic acids is 1. The summed E-state index contributed by atoms with van der Waals surface area (Å²) in [6, 6.07) is 21.1. The topological polar surface area (TPSA) is 94.1 Å². The molecule has 0 saturated heterocycles. The van der Waals surface area contributed by atoms with E-state index in [2.05, 4.69) is 20.7 Å². The largest absolute Gasteiger partial charge is 0.418 e. The molecular formula is C26H18ClFN4O3. The van der Waals surface area contributed by atoms with Gasteiger partial charge in [-0.25, -0.2) is 4.39 Å². The van der Waals surface area contributed by atoms with Crippen molar-refractivity contribution >= 4 is 17.5 Å². The minimum Gasteiger partial charge on any atom is -0.418 e. The molecule has 5 aromatic rings. The Morgan fingerprint density at radius 1 is 0.971 bits per heavy atom. The van der Waals surface area contributed by atoms with Crippen LogP contribution in [0.5, 0.6) is 0 Å². The van der Waals surface area contributed by atoms with Gasteiger partial charge in [0.15, 0.2) is 0 Å². The first-order chi connectivity index (χ1) is 17.0. The van der Waals surface area contributed by atoms with Crippen molar-refractivity contribution in [1.82, 2.24) is 20.7 Å². The summed E-state index contributed by atoms with van der Waals surface area (Å²) < 4.78 is 26.0. The molecule has 0 radical (unpaired) electrons. The van der Waals surface area contributed by atoms with E-state index in [1.165, 1.54) is 6.07 Å². The zero-order valence-electron chi connectivity index (χ0n) is 18.4. The highest BCUT2D eigenvalue weighted by Crippen LogP contribution is 2.32. The molecule has 0 spiro atoms. The van der Waals surface area contributed by atoms with Crippen molar-refractivity contribution in [2.24, 2.45) is 0 Å². The minimum atomic E-state index is -1.07. The molecule has 3 aromatic carbocycles. The molecule has 5 rings (SSSR count). The Hall–Kier alpha value is -4.30. The van der Waals surface area contributed by atoms with Crippen LogP contribution in [0.2, 0.25) is 5.02 Å². The summed E-state index contributed by atoms with van der Waals surface area (Å²) in [6.45, 7) is 1.61.